The van der Waals surface area contributed by atoms with E-state index in [0.717, 1.165) is 19.3 Å². The van der Waals surface area contributed by atoms with Crippen molar-refractivity contribution in [3.05, 3.63) is 69.2 Å². The van der Waals surface area contributed by atoms with Crippen molar-refractivity contribution in [1.82, 2.24) is 19.3 Å². The van der Waals surface area contributed by atoms with Crippen molar-refractivity contribution in [2.75, 3.05) is 6.79 Å². The first-order valence-electron chi connectivity index (χ1n) is 10.6. The van der Waals surface area contributed by atoms with Gasteiger partial charge in [-0.15, -0.1) is 0 Å². The number of aromatic nitrogens is 4. The summed E-state index contributed by atoms with van der Waals surface area (Å²) >= 11 is 0. The summed E-state index contributed by atoms with van der Waals surface area (Å²) in [5.41, 5.74) is 0.597. The summed E-state index contributed by atoms with van der Waals surface area (Å²) in [5.74, 6) is 1.94. The van der Waals surface area contributed by atoms with Gasteiger partial charge in [0.2, 0.25) is 18.5 Å². The predicted octanol–water partition coefficient (Wildman–Crippen LogP) is 3.18. The minimum Gasteiger partial charge on any atom is -0.454 e. The second-order valence-electron chi connectivity index (χ2n) is 7.63. The summed E-state index contributed by atoms with van der Waals surface area (Å²) in [7, 11) is 0. The summed E-state index contributed by atoms with van der Waals surface area (Å²) in [6.45, 7) is 2.70. The van der Waals surface area contributed by atoms with Crippen LogP contribution in [0.5, 0.6) is 11.5 Å². The molecule has 0 radical (unpaired) electrons. The Kier molecular flexibility index (Phi) is 5.22. The van der Waals surface area contributed by atoms with Gasteiger partial charge in [0.05, 0.1) is 10.9 Å². The van der Waals surface area contributed by atoms with Crippen LogP contribution in [-0.2, 0) is 13.1 Å². The lowest BCUT2D eigenvalue weighted by atomic mass is 10.2. The van der Waals surface area contributed by atoms with Crippen LogP contribution in [-0.4, -0.2) is 26.1 Å². The molecule has 0 fully saturated rings. The van der Waals surface area contributed by atoms with Crippen molar-refractivity contribution in [2.45, 2.75) is 39.3 Å². The van der Waals surface area contributed by atoms with Gasteiger partial charge in [-0.05, 0) is 36.8 Å². The van der Waals surface area contributed by atoms with Crippen LogP contribution in [0.25, 0.3) is 22.3 Å². The van der Waals surface area contributed by atoms with Crippen LogP contribution in [0.3, 0.4) is 0 Å². The van der Waals surface area contributed by atoms with Crippen LogP contribution in [0.1, 0.15) is 32.1 Å². The van der Waals surface area contributed by atoms with Crippen molar-refractivity contribution in [2.24, 2.45) is 0 Å². The fourth-order valence-electron chi connectivity index (χ4n) is 3.85. The molecule has 0 atom stereocenters. The Morgan fingerprint density at radius 2 is 1.84 bits per heavy atom. The Morgan fingerprint density at radius 1 is 1.00 bits per heavy atom. The third-order valence-corrected chi connectivity index (χ3v) is 5.51. The summed E-state index contributed by atoms with van der Waals surface area (Å²) in [4.78, 5) is 30.6. The average Bonchev–Trinajstić information content (AvgIpc) is 3.48. The monoisotopic (exact) mass is 434 g/mol. The maximum atomic E-state index is 13.2. The zero-order chi connectivity index (χ0) is 22.1. The SMILES string of the molecule is CCCCCn1c(=O)c2ccccc2n(Cc2nc(-c3ccc4c(c3)OCO4)no2)c1=O. The number of rotatable bonds is 7. The molecule has 0 bridgehead atoms. The Bertz CT molecular complexity index is 1400. The number of para-hydroxylation sites is 1. The minimum absolute atomic E-state index is 0.0605. The molecule has 1 aliphatic rings. The normalized spacial score (nSPS) is 12.5. The molecule has 9 heteroatoms. The lowest BCUT2D eigenvalue weighted by Crippen LogP contribution is -2.40. The minimum atomic E-state index is -0.382. The molecular weight excluding hydrogens is 412 g/mol. The fourth-order valence-corrected chi connectivity index (χ4v) is 3.85. The number of ether oxygens (including phenoxy) is 2. The number of nitrogens with zero attached hydrogens (tertiary/aromatic N) is 4. The predicted molar refractivity (Wildman–Crippen MR) is 117 cm³/mol. The van der Waals surface area contributed by atoms with Crippen LogP contribution < -0.4 is 20.7 Å². The Hall–Kier alpha value is -3.88. The van der Waals surface area contributed by atoms with Gasteiger partial charge >= 0.3 is 5.69 Å². The van der Waals surface area contributed by atoms with Gasteiger partial charge in [-0.3, -0.25) is 13.9 Å². The molecule has 164 valence electrons. The van der Waals surface area contributed by atoms with E-state index in [1.165, 1.54) is 9.13 Å². The van der Waals surface area contributed by atoms with Gasteiger partial charge in [0, 0.05) is 12.1 Å². The Morgan fingerprint density at radius 3 is 2.72 bits per heavy atom. The molecular formula is C23H22N4O5. The molecule has 5 rings (SSSR count). The number of benzene rings is 2. The fraction of sp³-hybridized carbons (Fsp3) is 0.304. The van der Waals surface area contributed by atoms with Crippen molar-refractivity contribution in [3.8, 4) is 22.9 Å². The first kappa shape index (κ1) is 20.0. The number of hydrogen-bond acceptors (Lipinski definition) is 7. The maximum absolute atomic E-state index is 13.2. The highest BCUT2D eigenvalue weighted by Crippen LogP contribution is 2.35. The quantitative estimate of drug-likeness (QED) is 0.412. The smallest absolute Gasteiger partial charge is 0.331 e. The summed E-state index contributed by atoms with van der Waals surface area (Å²) < 4.78 is 19.0. The zero-order valence-electron chi connectivity index (χ0n) is 17.6. The van der Waals surface area contributed by atoms with Crippen molar-refractivity contribution >= 4 is 10.9 Å². The molecule has 3 heterocycles. The molecule has 0 saturated carbocycles. The lowest BCUT2D eigenvalue weighted by molar-refractivity contribution is 0.174. The molecule has 4 aromatic rings. The molecule has 0 amide bonds. The molecule has 2 aromatic heterocycles. The van der Waals surface area contributed by atoms with Crippen LogP contribution in [0, 0.1) is 0 Å². The molecule has 0 saturated heterocycles. The second kappa shape index (κ2) is 8.33. The van der Waals surface area contributed by atoms with E-state index < -0.39 is 0 Å². The molecule has 0 spiro atoms. The van der Waals surface area contributed by atoms with Gasteiger partial charge in [0.15, 0.2) is 11.5 Å². The van der Waals surface area contributed by atoms with Crippen LogP contribution in [0.4, 0.5) is 0 Å². The summed E-state index contributed by atoms with van der Waals surface area (Å²) in [6.07, 6.45) is 2.71. The van der Waals surface area contributed by atoms with E-state index in [9.17, 15) is 9.59 Å². The van der Waals surface area contributed by atoms with Crippen molar-refractivity contribution in [3.63, 3.8) is 0 Å². The second-order valence-corrected chi connectivity index (χ2v) is 7.63. The highest BCUT2D eigenvalue weighted by Gasteiger charge is 2.18. The molecule has 32 heavy (non-hydrogen) atoms. The van der Waals surface area contributed by atoms with Gasteiger partial charge in [-0.25, -0.2) is 4.79 Å². The number of hydrogen-bond donors (Lipinski definition) is 0. The zero-order valence-corrected chi connectivity index (χ0v) is 17.6. The van der Waals surface area contributed by atoms with E-state index >= 15 is 0 Å². The first-order chi connectivity index (χ1) is 15.7. The third kappa shape index (κ3) is 3.55. The highest BCUT2D eigenvalue weighted by molar-refractivity contribution is 5.77. The van der Waals surface area contributed by atoms with E-state index in [0.29, 0.717) is 40.3 Å². The van der Waals surface area contributed by atoms with Gasteiger partial charge in [-0.1, -0.05) is 37.1 Å². The summed E-state index contributed by atoms with van der Waals surface area (Å²) in [6, 6.07) is 12.5. The molecule has 2 aromatic carbocycles. The largest absolute Gasteiger partial charge is 0.454 e. The van der Waals surface area contributed by atoms with Crippen molar-refractivity contribution in [1.29, 1.82) is 0 Å². The van der Waals surface area contributed by atoms with Crippen LogP contribution in [0.15, 0.2) is 56.6 Å². The Labute approximate surface area is 182 Å². The van der Waals surface area contributed by atoms with E-state index in [4.69, 9.17) is 14.0 Å². The molecule has 0 N–H and O–H groups in total. The highest BCUT2D eigenvalue weighted by atomic mass is 16.7. The molecule has 1 aliphatic heterocycles. The van der Waals surface area contributed by atoms with E-state index in [1.54, 1.807) is 36.4 Å². The van der Waals surface area contributed by atoms with Crippen LogP contribution >= 0.6 is 0 Å². The van der Waals surface area contributed by atoms with Crippen molar-refractivity contribution < 1.29 is 14.0 Å². The Balaban J connectivity index is 1.52. The third-order valence-electron chi connectivity index (χ3n) is 5.51. The van der Waals surface area contributed by atoms with Gasteiger partial charge in [0.1, 0.15) is 6.54 Å². The first-order valence-corrected chi connectivity index (χ1v) is 10.6. The molecule has 9 nitrogen and oxygen atoms in total. The molecule has 0 aliphatic carbocycles. The number of unbranched alkanes of at least 4 members (excludes halogenated alkanes) is 2. The van der Waals surface area contributed by atoms with E-state index in [-0.39, 0.29) is 30.5 Å². The number of fused-ring (bicyclic) bond motifs is 2. The van der Waals surface area contributed by atoms with E-state index in [1.807, 2.05) is 6.07 Å². The maximum Gasteiger partial charge on any atom is 0.331 e. The molecule has 0 unspecified atom stereocenters. The lowest BCUT2D eigenvalue weighted by Gasteiger charge is -2.12. The average molecular weight is 434 g/mol. The van der Waals surface area contributed by atoms with Crippen LogP contribution in [0.2, 0.25) is 0 Å². The van der Waals surface area contributed by atoms with Gasteiger partial charge in [0.25, 0.3) is 5.56 Å². The standard InChI is InChI=1S/C23H22N4O5/c1-2-3-6-11-26-22(28)16-7-4-5-8-17(16)27(23(26)29)13-20-24-21(25-32-20)15-9-10-18-19(12-15)31-14-30-18/h4-5,7-10,12H,2-3,6,11,13-14H2,1H3. The van der Waals surface area contributed by atoms with E-state index in [2.05, 4.69) is 17.1 Å². The van der Waals surface area contributed by atoms with Gasteiger partial charge < -0.3 is 14.0 Å². The summed E-state index contributed by atoms with van der Waals surface area (Å²) in [5, 5.41) is 4.54. The van der Waals surface area contributed by atoms with Gasteiger partial charge in [-0.2, -0.15) is 4.98 Å². The topological polar surface area (TPSA) is 101 Å².